The molecule has 0 aliphatic rings. The van der Waals surface area contributed by atoms with Crippen molar-refractivity contribution in [1.29, 1.82) is 0 Å². The SMILES string of the molecule is Clc1cccc(-c2nnc3sc(Cc4cccc5ccccc45)nn23)c1. The lowest BCUT2D eigenvalue weighted by Gasteiger charge is -2.04. The van der Waals surface area contributed by atoms with Crippen LogP contribution in [0.5, 0.6) is 0 Å². The Morgan fingerprint density at radius 1 is 0.923 bits per heavy atom. The van der Waals surface area contributed by atoms with Crippen LogP contribution in [-0.4, -0.2) is 19.8 Å². The Bertz CT molecular complexity index is 1240. The number of nitrogens with zero attached hydrogens (tertiary/aromatic N) is 4. The van der Waals surface area contributed by atoms with Crippen molar-refractivity contribution in [2.45, 2.75) is 6.42 Å². The van der Waals surface area contributed by atoms with Crippen LogP contribution in [0.15, 0.2) is 66.7 Å². The number of hydrogen-bond donors (Lipinski definition) is 0. The summed E-state index contributed by atoms with van der Waals surface area (Å²) in [5, 5.41) is 17.5. The van der Waals surface area contributed by atoms with E-state index >= 15 is 0 Å². The second kappa shape index (κ2) is 6.20. The topological polar surface area (TPSA) is 43.1 Å². The summed E-state index contributed by atoms with van der Waals surface area (Å²) in [5.41, 5.74) is 2.17. The minimum atomic E-state index is 0.672. The van der Waals surface area contributed by atoms with Gasteiger partial charge in [-0.15, -0.1) is 10.2 Å². The van der Waals surface area contributed by atoms with Gasteiger partial charge < -0.3 is 0 Å². The van der Waals surface area contributed by atoms with Crippen molar-refractivity contribution in [3.8, 4) is 11.4 Å². The van der Waals surface area contributed by atoms with Crippen LogP contribution in [0.25, 0.3) is 27.1 Å². The lowest BCUT2D eigenvalue weighted by Crippen LogP contribution is -1.94. The highest BCUT2D eigenvalue weighted by molar-refractivity contribution is 7.16. The van der Waals surface area contributed by atoms with E-state index in [1.54, 1.807) is 15.9 Å². The number of rotatable bonds is 3. The molecule has 0 radical (unpaired) electrons. The van der Waals surface area contributed by atoms with Gasteiger partial charge in [0.2, 0.25) is 4.96 Å². The monoisotopic (exact) mass is 376 g/mol. The molecular weight excluding hydrogens is 364 g/mol. The van der Waals surface area contributed by atoms with E-state index in [4.69, 9.17) is 16.7 Å². The molecule has 0 atom stereocenters. The first-order valence-electron chi connectivity index (χ1n) is 8.22. The van der Waals surface area contributed by atoms with Gasteiger partial charge in [0, 0.05) is 17.0 Å². The summed E-state index contributed by atoms with van der Waals surface area (Å²) < 4.78 is 1.80. The van der Waals surface area contributed by atoms with Gasteiger partial charge in [-0.1, -0.05) is 77.5 Å². The van der Waals surface area contributed by atoms with E-state index in [0.29, 0.717) is 10.8 Å². The Balaban J connectivity index is 1.56. The minimum Gasteiger partial charge on any atom is -0.183 e. The molecule has 0 N–H and O–H groups in total. The van der Waals surface area contributed by atoms with Crippen molar-refractivity contribution in [1.82, 2.24) is 19.8 Å². The molecule has 0 saturated carbocycles. The Kier molecular flexibility index (Phi) is 3.69. The molecule has 0 spiro atoms. The van der Waals surface area contributed by atoms with Gasteiger partial charge >= 0.3 is 0 Å². The van der Waals surface area contributed by atoms with Crippen LogP contribution in [0.1, 0.15) is 10.6 Å². The number of halogens is 1. The molecule has 3 aromatic carbocycles. The molecule has 5 aromatic rings. The predicted octanol–water partition coefficient (Wildman–Crippen LogP) is 5.25. The Morgan fingerprint density at radius 2 is 1.77 bits per heavy atom. The molecular formula is C20H13ClN4S. The lowest BCUT2D eigenvalue weighted by molar-refractivity contribution is 0.919. The van der Waals surface area contributed by atoms with E-state index in [-0.39, 0.29) is 0 Å². The normalized spacial score (nSPS) is 11.4. The average Bonchev–Trinajstić information content (AvgIpc) is 3.22. The van der Waals surface area contributed by atoms with Gasteiger partial charge in [-0.2, -0.15) is 9.61 Å². The van der Waals surface area contributed by atoms with Crippen molar-refractivity contribution in [2.75, 3.05) is 0 Å². The maximum atomic E-state index is 6.11. The third-order valence-corrected chi connectivity index (χ3v) is 5.47. The summed E-state index contributed by atoms with van der Waals surface area (Å²) in [6, 6.07) is 22.4. The first-order valence-corrected chi connectivity index (χ1v) is 9.41. The molecule has 26 heavy (non-hydrogen) atoms. The zero-order chi connectivity index (χ0) is 17.5. The number of benzene rings is 3. The van der Waals surface area contributed by atoms with Gasteiger partial charge in [-0.25, -0.2) is 0 Å². The van der Waals surface area contributed by atoms with Crippen LogP contribution in [-0.2, 0) is 6.42 Å². The molecule has 0 aliphatic carbocycles. The standard InChI is InChI=1S/C20H13ClN4S/c21-16-9-4-8-15(11-16)19-22-23-20-25(19)24-18(26-20)12-14-7-3-6-13-5-1-2-10-17(13)14/h1-11H,12H2. The van der Waals surface area contributed by atoms with E-state index in [2.05, 4.69) is 52.7 Å². The van der Waals surface area contributed by atoms with Crippen molar-refractivity contribution in [3.05, 3.63) is 82.3 Å². The highest BCUT2D eigenvalue weighted by atomic mass is 35.5. The van der Waals surface area contributed by atoms with Gasteiger partial charge in [0.05, 0.1) is 0 Å². The molecule has 0 aliphatic heterocycles. The fourth-order valence-corrected chi connectivity index (χ4v) is 4.19. The van der Waals surface area contributed by atoms with Crippen LogP contribution >= 0.6 is 22.9 Å². The van der Waals surface area contributed by atoms with Gasteiger partial charge in [0.1, 0.15) is 5.01 Å². The summed E-state index contributed by atoms with van der Waals surface area (Å²) >= 11 is 7.67. The van der Waals surface area contributed by atoms with E-state index in [0.717, 1.165) is 22.0 Å². The zero-order valence-corrected chi connectivity index (χ0v) is 15.2. The number of aromatic nitrogens is 4. The molecule has 0 fully saturated rings. The van der Waals surface area contributed by atoms with Crippen LogP contribution in [0, 0.1) is 0 Å². The average molecular weight is 377 g/mol. The Morgan fingerprint density at radius 3 is 2.69 bits per heavy atom. The molecule has 5 rings (SSSR count). The smallest absolute Gasteiger partial charge is 0.183 e. The Labute approximate surface area is 158 Å². The van der Waals surface area contributed by atoms with Crippen LogP contribution < -0.4 is 0 Å². The van der Waals surface area contributed by atoms with Crippen molar-refractivity contribution in [3.63, 3.8) is 0 Å². The molecule has 4 nitrogen and oxygen atoms in total. The lowest BCUT2D eigenvalue weighted by atomic mass is 10.0. The summed E-state index contributed by atoms with van der Waals surface area (Å²) in [7, 11) is 0. The Hall–Kier alpha value is -2.76. The van der Waals surface area contributed by atoms with Crippen LogP contribution in [0.3, 0.4) is 0 Å². The highest BCUT2D eigenvalue weighted by Crippen LogP contribution is 2.26. The highest BCUT2D eigenvalue weighted by Gasteiger charge is 2.14. The first-order chi connectivity index (χ1) is 12.8. The fourth-order valence-electron chi connectivity index (χ4n) is 3.15. The van der Waals surface area contributed by atoms with Crippen molar-refractivity contribution >= 4 is 38.7 Å². The molecule has 0 bridgehead atoms. The quantitative estimate of drug-likeness (QED) is 0.432. The van der Waals surface area contributed by atoms with E-state index in [1.807, 2.05) is 24.3 Å². The second-order valence-electron chi connectivity index (χ2n) is 6.04. The fraction of sp³-hybridized carbons (Fsp3) is 0.0500. The maximum Gasteiger partial charge on any atom is 0.234 e. The largest absolute Gasteiger partial charge is 0.234 e. The zero-order valence-electron chi connectivity index (χ0n) is 13.6. The van der Waals surface area contributed by atoms with Gasteiger partial charge in [0.15, 0.2) is 5.82 Å². The molecule has 2 heterocycles. The van der Waals surface area contributed by atoms with Gasteiger partial charge in [-0.3, -0.25) is 0 Å². The van der Waals surface area contributed by atoms with E-state index < -0.39 is 0 Å². The number of hydrogen-bond acceptors (Lipinski definition) is 4. The minimum absolute atomic E-state index is 0.672. The van der Waals surface area contributed by atoms with Gasteiger partial charge in [0.25, 0.3) is 0 Å². The third kappa shape index (κ3) is 2.66. The third-order valence-electron chi connectivity index (χ3n) is 4.34. The van der Waals surface area contributed by atoms with Gasteiger partial charge in [-0.05, 0) is 28.5 Å². The molecule has 2 aromatic heterocycles. The summed E-state index contributed by atoms with van der Waals surface area (Å²) in [5.74, 6) is 0.711. The first kappa shape index (κ1) is 15.5. The molecule has 0 unspecified atom stereocenters. The van der Waals surface area contributed by atoms with Crippen molar-refractivity contribution in [2.24, 2.45) is 0 Å². The molecule has 0 amide bonds. The molecule has 0 saturated heterocycles. The predicted molar refractivity (Wildman–Crippen MR) is 106 cm³/mol. The summed E-state index contributed by atoms with van der Waals surface area (Å²) in [6.07, 6.45) is 0.768. The van der Waals surface area contributed by atoms with E-state index in [1.165, 1.54) is 16.3 Å². The molecule has 126 valence electrons. The second-order valence-corrected chi connectivity index (χ2v) is 7.52. The van der Waals surface area contributed by atoms with Crippen molar-refractivity contribution < 1.29 is 0 Å². The maximum absolute atomic E-state index is 6.11. The van der Waals surface area contributed by atoms with Crippen LogP contribution in [0.4, 0.5) is 0 Å². The summed E-state index contributed by atoms with van der Waals surface area (Å²) in [4.78, 5) is 0.787. The number of fused-ring (bicyclic) bond motifs is 2. The van der Waals surface area contributed by atoms with E-state index in [9.17, 15) is 0 Å². The molecule has 6 heteroatoms. The van der Waals surface area contributed by atoms with Crippen LogP contribution in [0.2, 0.25) is 5.02 Å². The summed E-state index contributed by atoms with van der Waals surface area (Å²) in [6.45, 7) is 0.